The van der Waals surface area contributed by atoms with E-state index < -0.39 is 145 Å². The topological polar surface area (TPSA) is 312 Å². The lowest BCUT2D eigenvalue weighted by atomic mass is 9.33. The highest BCUT2D eigenvalue weighted by atomic mass is 16.7. The van der Waals surface area contributed by atoms with E-state index in [1.165, 1.54) is 0 Å². The fraction of sp³-hybridized carbons (Fsp3) is 0.917. The first-order valence-electron chi connectivity index (χ1n) is 24.5. The molecule has 8 aliphatic rings. The molecule has 3 aliphatic heterocycles. The van der Waals surface area contributed by atoms with E-state index in [0.29, 0.717) is 44.9 Å². The number of carbonyl (C=O) groups excluding carboxylic acids is 1. The number of aliphatic hydroxyl groups excluding tert-OH is 10. The quantitative estimate of drug-likeness (QED) is 0.0829. The van der Waals surface area contributed by atoms with E-state index in [1.807, 2.05) is 0 Å². The van der Waals surface area contributed by atoms with Gasteiger partial charge in [-0.15, -0.1) is 0 Å². The Labute approximate surface area is 391 Å². The lowest BCUT2D eigenvalue weighted by Gasteiger charge is -2.70. The van der Waals surface area contributed by atoms with Gasteiger partial charge < -0.3 is 84.6 Å². The third-order valence-corrected chi connectivity index (χ3v) is 19.4. The average molecular weight is 957 g/mol. The van der Waals surface area contributed by atoms with Crippen molar-refractivity contribution >= 4 is 11.9 Å². The van der Waals surface area contributed by atoms with Gasteiger partial charge in [0.1, 0.15) is 67.1 Å². The first-order valence-corrected chi connectivity index (χ1v) is 24.5. The van der Waals surface area contributed by atoms with Gasteiger partial charge in [-0.25, -0.2) is 0 Å². The Balaban J connectivity index is 1.05. The molecule has 0 radical (unpaired) electrons. The molecule has 0 aromatic rings. The number of rotatable bonds is 9. The summed E-state index contributed by atoms with van der Waals surface area (Å²) >= 11 is 0. The smallest absolute Gasteiger partial charge is 0.315 e. The van der Waals surface area contributed by atoms with Gasteiger partial charge in [0.25, 0.3) is 0 Å². The number of aliphatic carboxylic acids is 1. The van der Waals surface area contributed by atoms with Crippen LogP contribution in [0.15, 0.2) is 11.6 Å². The molecule has 0 aromatic carbocycles. The molecule has 3 heterocycles. The second-order valence-electron chi connectivity index (χ2n) is 22.8. The van der Waals surface area contributed by atoms with E-state index in [9.17, 15) is 61.0 Å². The molecular weight excluding hydrogens is 881 g/mol. The van der Waals surface area contributed by atoms with Crippen LogP contribution < -0.4 is 0 Å². The molecule has 382 valence electrons. The SMILES string of the molecule is C[C@@H]1[C@H](C)CC[C@]2(C(=O)O[C@H]3O[C@@H](CO[C@@H]4O[C@H](CO)[C@H](O)[C@H](O)[C@@H]4O)[C@H](O)[C@@H](O)[C@H]3O)CC[C@]3(C(=O)O)C(=CC[C@@H]4[C@@]5(C)CC[C@H](O[C@@H]6O[C@H](C)[C@@H](O)[C@H](O)[C@@H]6O)C(C)(C)[C@@H]5CC[C@]43C)[C@H]12. The minimum Gasteiger partial charge on any atom is -0.481 e. The number of carboxylic acid groups (broad SMARTS) is 1. The maximum absolute atomic E-state index is 15.0. The Morgan fingerprint density at radius 1 is 0.672 bits per heavy atom. The van der Waals surface area contributed by atoms with Crippen LogP contribution in [-0.4, -0.2) is 180 Å². The Morgan fingerprint density at radius 3 is 1.94 bits per heavy atom. The van der Waals surface area contributed by atoms with Crippen LogP contribution in [0.2, 0.25) is 0 Å². The molecule has 8 rings (SSSR count). The molecule has 0 unspecified atom stereocenters. The first-order chi connectivity index (χ1) is 31.3. The fourth-order valence-electron chi connectivity index (χ4n) is 15.3. The van der Waals surface area contributed by atoms with Gasteiger partial charge in [-0.1, -0.05) is 53.2 Å². The van der Waals surface area contributed by atoms with Gasteiger partial charge in [0.2, 0.25) is 6.29 Å². The van der Waals surface area contributed by atoms with Crippen molar-refractivity contribution < 1.29 is 94.2 Å². The first kappa shape index (κ1) is 51.4. The normalized spacial score (nSPS) is 54.0. The Kier molecular flexibility index (Phi) is 14.0. The summed E-state index contributed by atoms with van der Waals surface area (Å²) in [6, 6.07) is 0. The van der Waals surface area contributed by atoms with Crippen LogP contribution in [0.4, 0.5) is 0 Å². The second-order valence-corrected chi connectivity index (χ2v) is 22.8. The van der Waals surface area contributed by atoms with Crippen molar-refractivity contribution in [1.29, 1.82) is 0 Å². The van der Waals surface area contributed by atoms with Gasteiger partial charge in [-0.3, -0.25) is 9.59 Å². The van der Waals surface area contributed by atoms with Crippen LogP contribution in [0, 0.1) is 56.7 Å². The summed E-state index contributed by atoms with van der Waals surface area (Å²) in [7, 11) is 0. The summed E-state index contributed by atoms with van der Waals surface area (Å²) in [6.07, 6.45) is -16.6. The van der Waals surface area contributed by atoms with Crippen molar-refractivity contribution in [3.8, 4) is 0 Å². The van der Waals surface area contributed by atoms with Crippen LogP contribution >= 0.6 is 0 Å². The molecule has 0 spiro atoms. The number of esters is 1. The molecule has 67 heavy (non-hydrogen) atoms. The summed E-state index contributed by atoms with van der Waals surface area (Å²) in [6.45, 7) is 13.2. The lowest BCUT2D eigenvalue weighted by molar-refractivity contribution is -0.328. The van der Waals surface area contributed by atoms with Crippen molar-refractivity contribution in [2.24, 2.45) is 56.7 Å². The number of hydrogen-bond acceptors (Lipinski definition) is 18. The Bertz CT molecular complexity index is 1860. The number of allylic oxidation sites excluding steroid dienone is 1. The van der Waals surface area contributed by atoms with Gasteiger partial charge >= 0.3 is 11.9 Å². The molecule has 0 bridgehead atoms. The third kappa shape index (κ3) is 7.79. The van der Waals surface area contributed by atoms with Gasteiger partial charge in [0, 0.05) is 0 Å². The minimum atomic E-state index is -1.89. The van der Waals surface area contributed by atoms with E-state index in [0.717, 1.165) is 5.57 Å². The highest BCUT2D eigenvalue weighted by Crippen LogP contribution is 2.76. The van der Waals surface area contributed by atoms with E-state index in [-0.39, 0.29) is 48.0 Å². The summed E-state index contributed by atoms with van der Waals surface area (Å²) in [5, 5.41) is 117. The van der Waals surface area contributed by atoms with Crippen LogP contribution in [0.1, 0.15) is 106 Å². The van der Waals surface area contributed by atoms with Gasteiger partial charge in [-0.05, 0) is 111 Å². The van der Waals surface area contributed by atoms with Crippen molar-refractivity contribution in [3.05, 3.63) is 11.6 Å². The molecule has 11 N–H and O–H groups in total. The molecule has 7 fully saturated rings. The predicted octanol–water partition coefficient (Wildman–Crippen LogP) is 0.0887. The van der Waals surface area contributed by atoms with Crippen LogP contribution in [0.5, 0.6) is 0 Å². The molecule has 25 atom stereocenters. The maximum atomic E-state index is 15.0. The van der Waals surface area contributed by atoms with Crippen LogP contribution in [0.25, 0.3) is 0 Å². The highest BCUT2D eigenvalue weighted by molar-refractivity contribution is 5.85. The molecule has 4 saturated carbocycles. The van der Waals surface area contributed by atoms with Crippen molar-refractivity contribution in [3.63, 3.8) is 0 Å². The summed E-state index contributed by atoms with van der Waals surface area (Å²) in [5.74, 6) is -2.23. The number of carbonyl (C=O) groups is 2. The van der Waals surface area contributed by atoms with Crippen molar-refractivity contribution in [1.82, 2.24) is 0 Å². The predicted molar refractivity (Wildman–Crippen MR) is 231 cm³/mol. The van der Waals surface area contributed by atoms with Crippen molar-refractivity contribution in [2.45, 2.75) is 204 Å². The highest BCUT2D eigenvalue weighted by Gasteiger charge is 2.74. The summed E-state index contributed by atoms with van der Waals surface area (Å²) in [4.78, 5) is 29.4. The number of hydrogen-bond donors (Lipinski definition) is 11. The summed E-state index contributed by atoms with van der Waals surface area (Å²) < 4.78 is 35.3. The largest absolute Gasteiger partial charge is 0.481 e. The zero-order valence-electron chi connectivity index (χ0n) is 39.7. The third-order valence-electron chi connectivity index (χ3n) is 19.4. The fourth-order valence-corrected chi connectivity index (χ4v) is 15.3. The molecule has 19 nitrogen and oxygen atoms in total. The van der Waals surface area contributed by atoms with Gasteiger partial charge in [-0.2, -0.15) is 0 Å². The zero-order valence-corrected chi connectivity index (χ0v) is 39.7. The molecule has 3 saturated heterocycles. The number of ether oxygens (including phenoxy) is 6. The Morgan fingerprint density at radius 2 is 1.28 bits per heavy atom. The minimum absolute atomic E-state index is 0.0658. The standard InChI is InChI=1S/C48H76O19/c1-20-10-15-47(43(61)67-41-38(58)35(55)32(52)25(65-41)19-62-39-36(56)34(54)31(51)24(18-49)64-39)16-17-48(42(59)60)23(29(47)21(20)2)8-9-27-45(6)13-12-28(44(4,5)26(45)11-14-46(27,48)7)66-40-37(57)33(53)30(50)22(3)63-40/h8,20-22,24-41,49-58H,9-19H2,1-7H3,(H,59,60)/t20-,21-,22-,24-,25+,26+,27-,28+,29+,30-,31+,32+,33+,34+,35-,36+,37+,38-,39-,40+,41-,45+,46-,47+,48-/m1/s1. The number of carboxylic acids is 1. The van der Waals surface area contributed by atoms with E-state index >= 15 is 4.79 Å². The maximum Gasteiger partial charge on any atom is 0.315 e. The molecule has 19 heteroatoms. The molecular formula is C48H76O19. The monoisotopic (exact) mass is 956 g/mol. The van der Waals surface area contributed by atoms with Crippen LogP contribution in [-0.2, 0) is 38.0 Å². The second kappa shape index (κ2) is 18.3. The molecule has 0 aromatic heterocycles. The number of fused-ring (bicyclic) bond motifs is 7. The van der Waals surface area contributed by atoms with E-state index in [1.54, 1.807) is 6.92 Å². The van der Waals surface area contributed by atoms with E-state index in [2.05, 4.69) is 47.6 Å². The number of aliphatic hydroxyl groups is 10. The van der Waals surface area contributed by atoms with Gasteiger partial charge in [0.05, 0.1) is 36.3 Å². The van der Waals surface area contributed by atoms with E-state index in [4.69, 9.17) is 28.4 Å². The Hall–Kier alpha value is -1.92. The van der Waals surface area contributed by atoms with Crippen molar-refractivity contribution in [2.75, 3.05) is 13.2 Å². The average Bonchev–Trinajstić information content (AvgIpc) is 3.28. The molecule has 5 aliphatic carbocycles. The van der Waals surface area contributed by atoms with Crippen LogP contribution in [0.3, 0.4) is 0 Å². The summed E-state index contributed by atoms with van der Waals surface area (Å²) in [5.41, 5.74) is -3.35. The van der Waals surface area contributed by atoms with Gasteiger partial charge in [0.15, 0.2) is 12.6 Å². The molecule has 0 amide bonds. The lowest BCUT2D eigenvalue weighted by Crippen LogP contribution is -2.68. The zero-order chi connectivity index (χ0) is 49.1.